The highest BCUT2D eigenvalue weighted by Gasteiger charge is 2.31. The molecule has 0 saturated carbocycles. The monoisotopic (exact) mass is 369 g/mol. The van der Waals surface area contributed by atoms with Gasteiger partial charge in [0, 0.05) is 6.20 Å². The quantitative estimate of drug-likeness (QED) is 0.685. The predicted molar refractivity (Wildman–Crippen MR) is 96.8 cm³/mol. The Morgan fingerprint density at radius 1 is 1.27 bits per heavy atom. The number of nitrogens with one attached hydrogen (secondary N) is 2. The maximum atomic E-state index is 12.9. The van der Waals surface area contributed by atoms with Crippen LogP contribution in [0.1, 0.15) is 6.92 Å². The van der Waals surface area contributed by atoms with Crippen LogP contribution in [0.5, 0.6) is 0 Å². The Balaban J connectivity index is 1.51. The number of thioether (sulfide) groups is 1. The number of carbonyl (C=O) groups excluding carboxylic acids is 2. The van der Waals surface area contributed by atoms with Crippen LogP contribution >= 0.6 is 11.8 Å². The van der Waals surface area contributed by atoms with Crippen molar-refractivity contribution >= 4 is 35.0 Å². The fourth-order valence-corrected chi connectivity index (χ4v) is 3.43. The minimum absolute atomic E-state index is 0.0156. The third-order valence-electron chi connectivity index (χ3n) is 3.90. The van der Waals surface area contributed by atoms with Gasteiger partial charge in [-0.3, -0.25) is 14.5 Å². The second-order valence-corrected chi connectivity index (χ2v) is 7.00. The molecule has 3 aromatic rings. The molecule has 2 amide bonds. The predicted octanol–water partition coefficient (Wildman–Crippen LogP) is 2.53. The van der Waals surface area contributed by atoms with E-state index >= 15 is 0 Å². The minimum atomic E-state index is -0.495. The second-order valence-electron chi connectivity index (χ2n) is 5.71. The highest BCUT2D eigenvalue weighted by molar-refractivity contribution is 8.00. The first-order valence-electron chi connectivity index (χ1n) is 7.96. The van der Waals surface area contributed by atoms with Crippen molar-refractivity contribution in [2.24, 2.45) is 0 Å². The second kappa shape index (κ2) is 6.68. The number of hydrogen-bond acceptors (Lipinski definition) is 6. The fraction of sp³-hybridized carbons (Fsp3) is 0.176. The lowest BCUT2D eigenvalue weighted by molar-refractivity contribution is -0.121. The summed E-state index contributed by atoms with van der Waals surface area (Å²) in [5.74, 6) is -0.0576. The average molecular weight is 369 g/mol. The number of rotatable bonds is 4. The summed E-state index contributed by atoms with van der Waals surface area (Å²) in [6.45, 7) is 1.74. The topological polar surface area (TPSA) is 104 Å². The molecule has 1 atom stereocenters. The van der Waals surface area contributed by atoms with E-state index in [0.717, 1.165) is 11.8 Å². The largest absolute Gasteiger partial charge is 0.410 e. The summed E-state index contributed by atoms with van der Waals surface area (Å²) in [5, 5.41) is 10.5. The van der Waals surface area contributed by atoms with E-state index < -0.39 is 5.25 Å². The van der Waals surface area contributed by atoms with Gasteiger partial charge in [-0.15, -0.1) is 10.2 Å². The van der Waals surface area contributed by atoms with Gasteiger partial charge in [-0.25, -0.2) is 0 Å². The van der Waals surface area contributed by atoms with E-state index in [1.54, 1.807) is 25.3 Å². The number of anilines is 2. The molecule has 1 aliphatic heterocycles. The highest BCUT2D eigenvalue weighted by Crippen LogP contribution is 2.32. The molecule has 0 aliphatic carbocycles. The van der Waals surface area contributed by atoms with Crippen LogP contribution < -0.4 is 10.2 Å². The molecule has 3 heterocycles. The number of nitrogens with zero attached hydrogens (tertiary/aromatic N) is 3. The number of benzene rings is 1. The van der Waals surface area contributed by atoms with E-state index in [1.165, 1.54) is 4.90 Å². The van der Waals surface area contributed by atoms with E-state index in [4.69, 9.17) is 4.42 Å². The molecule has 0 unspecified atom stereocenters. The van der Waals surface area contributed by atoms with Crippen molar-refractivity contribution in [2.45, 2.75) is 17.4 Å². The van der Waals surface area contributed by atoms with Crippen molar-refractivity contribution in [3.8, 4) is 11.6 Å². The van der Waals surface area contributed by atoms with Crippen molar-refractivity contribution in [3.05, 3.63) is 42.6 Å². The number of carbonyl (C=O) groups is 2. The lowest BCUT2D eigenvalue weighted by Gasteiger charge is -2.30. The molecule has 0 spiro atoms. The van der Waals surface area contributed by atoms with Gasteiger partial charge in [0.05, 0.1) is 16.6 Å². The van der Waals surface area contributed by atoms with Crippen LogP contribution in [0, 0.1) is 0 Å². The first-order chi connectivity index (χ1) is 12.6. The number of fused-ring (bicyclic) bond motifs is 1. The number of amides is 2. The van der Waals surface area contributed by atoms with Crippen LogP contribution in [0.3, 0.4) is 0 Å². The third kappa shape index (κ3) is 3.08. The molecule has 9 heteroatoms. The van der Waals surface area contributed by atoms with Gasteiger partial charge in [0.15, 0.2) is 0 Å². The van der Waals surface area contributed by atoms with Gasteiger partial charge < -0.3 is 14.7 Å². The van der Waals surface area contributed by atoms with Crippen LogP contribution in [0.2, 0.25) is 0 Å². The van der Waals surface area contributed by atoms with E-state index in [9.17, 15) is 9.59 Å². The smallest absolute Gasteiger partial charge is 0.277 e. The Kier molecular flexibility index (Phi) is 4.21. The molecule has 0 saturated heterocycles. The van der Waals surface area contributed by atoms with Crippen molar-refractivity contribution in [1.29, 1.82) is 0 Å². The van der Waals surface area contributed by atoms with Crippen molar-refractivity contribution in [1.82, 2.24) is 15.2 Å². The zero-order valence-electron chi connectivity index (χ0n) is 13.8. The van der Waals surface area contributed by atoms with Crippen LogP contribution in [-0.4, -0.2) is 38.8 Å². The van der Waals surface area contributed by atoms with Gasteiger partial charge in [-0.05, 0) is 31.2 Å². The summed E-state index contributed by atoms with van der Waals surface area (Å²) in [6, 6.07) is 10.9. The third-order valence-corrected chi connectivity index (χ3v) is 4.82. The molecule has 4 rings (SSSR count). The van der Waals surface area contributed by atoms with Crippen LogP contribution in [-0.2, 0) is 9.59 Å². The zero-order valence-corrected chi connectivity index (χ0v) is 14.6. The molecule has 1 aromatic carbocycles. The number of hydrogen-bond donors (Lipinski definition) is 2. The Morgan fingerprint density at radius 2 is 2.12 bits per heavy atom. The van der Waals surface area contributed by atoms with Crippen LogP contribution in [0.15, 0.2) is 52.2 Å². The van der Waals surface area contributed by atoms with E-state index in [1.807, 2.05) is 24.3 Å². The Labute approximate surface area is 153 Å². The minimum Gasteiger partial charge on any atom is -0.410 e. The molecular formula is C17H15N5O3S. The molecule has 0 fully saturated rings. The lowest BCUT2D eigenvalue weighted by atomic mass is 10.2. The molecule has 8 nitrogen and oxygen atoms in total. The van der Waals surface area contributed by atoms with Crippen LogP contribution in [0.4, 0.5) is 11.4 Å². The van der Waals surface area contributed by atoms with Gasteiger partial charge in [-0.2, -0.15) is 0 Å². The summed E-state index contributed by atoms with van der Waals surface area (Å²) in [5.41, 5.74) is 2.02. The standard InChI is InChI=1S/C17H15N5O3S/c1-10(26-17-21-20-15(25-17)12-6-4-8-18-12)16(24)22-9-14(23)19-11-5-2-3-7-13(11)22/h2-8,10,18H,9H2,1H3,(H,19,23)/t10-/m0/s1. The van der Waals surface area contributed by atoms with E-state index in [-0.39, 0.29) is 18.4 Å². The maximum Gasteiger partial charge on any atom is 0.277 e. The first-order valence-corrected chi connectivity index (χ1v) is 8.84. The summed E-state index contributed by atoms with van der Waals surface area (Å²) >= 11 is 1.16. The number of H-pyrrole nitrogens is 1. The zero-order chi connectivity index (χ0) is 18.1. The van der Waals surface area contributed by atoms with Gasteiger partial charge in [0.25, 0.3) is 11.1 Å². The van der Waals surface area contributed by atoms with Crippen molar-refractivity contribution in [2.75, 3.05) is 16.8 Å². The number of aromatic amines is 1. The molecule has 1 aliphatic rings. The fourth-order valence-electron chi connectivity index (χ4n) is 2.68. The normalized spacial score (nSPS) is 14.7. The van der Waals surface area contributed by atoms with Gasteiger partial charge in [-0.1, -0.05) is 23.9 Å². The van der Waals surface area contributed by atoms with Crippen molar-refractivity contribution < 1.29 is 14.0 Å². The molecule has 2 N–H and O–H groups in total. The Hall–Kier alpha value is -3.07. The van der Waals surface area contributed by atoms with Crippen LogP contribution in [0.25, 0.3) is 11.6 Å². The molecular weight excluding hydrogens is 354 g/mol. The average Bonchev–Trinajstić information content (AvgIpc) is 3.31. The number of aromatic nitrogens is 3. The Morgan fingerprint density at radius 3 is 2.92 bits per heavy atom. The first kappa shape index (κ1) is 16.4. The lowest BCUT2D eigenvalue weighted by Crippen LogP contribution is -2.45. The molecule has 132 valence electrons. The van der Waals surface area contributed by atoms with E-state index in [0.29, 0.717) is 28.2 Å². The highest BCUT2D eigenvalue weighted by atomic mass is 32.2. The van der Waals surface area contributed by atoms with E-state index in [2.05, 4.69) is 20.5 Å². The summed E-state index contributed by atoms with van der Waals surface area (Å²) in [7, 11) is 0. The number of para-hydroxylation sites is 2. The van der Waals surface area contributed by atoms with Gasteiger partial charge in [0.1, 0.15) is 12.2 Å². The van der Waals surface area contributed by atoms with Gasteiger partial charge >= 0.3 is 0 Å². The summed E-state index contributed by atoms with van der Waals surface area (Å²) in [6.07, 6.45) is 1.76. The SMILES string of the molecule is C[C@H](Sc1nnc(-c2ccc[nH]2)o1)C(=O)N1CC(=O)Nc2ccccc21. The molecule has 0 radical (unpaired) electrons. The summed E-state index contributed by atoms with van der Waals surface area (Å²) in [4.78, 5) is 29.2. The van der Waals surface area contributed by atoms with Crippen molar-refractivity contribution in [3.63, 3.8) is 0 Å². The maximum absolute atomic E-state index is 12.9. The van der Waals surface area contributed by atoms with Gasteiger partial charge in [0.2, 0.25) is 11.8 Å². The summed E-state index contributed by atoms with van der Waals surface area (Å²) < 4.78 is 5.59. The molecule has 26 heavy (non-hydrogen) atoms. The molecule has 0 bridgehead atoms. The Bertz CT molecular complexity index is 953. The molecule has 2 aromatic heterocycles.